The molecule has 0 aliphatic heterocycles. The van der Waals surface area contributed by atoms with Crippen LogP contribution >= 0.6 is 33.9 Å². The molecule has 0 spiro atoms. The van der Waals surface area contributed by atoms with Crippen LogP contribution in [0.5, 0.6) is 0 Å². The highest BCUT2D eigenvalue weighted by molar-refractivity contribution is 14.1. The van der Waals surface area contributed by atoms with E-state index in [2.05, 4.69) is 43.3 Å². The van der Waals surface area contributed by atoms with Gasteiger partial charge in [0, 0.05) is 20.5 Å². The standard InChI is InChI=1S/C26H18IN5O3S/c1-15-6-5-9-19(14-15)29-24(34)21-22(25(35)28-18-12-10-17(27)11-13-18)36-26-30-23(33)20(31-32(21)26)16-7-3-2-4-8-16/h2-14H,1H3,(H,28,35)(H,29,34). The molecule has 0 saturated heterocycles. The number of amides is 2. The molecule has 2 heterocycles. The van der Waals surface area contributed by atoms with Crippen LogP contribution in [0.1, 0.15) is 25.7 Å². The largest absolute Gasteiger partial charge is 0.321 e. The Morgan fingerprint density at radius 1 is 0.889 bits per heavy atom. The van der Waals surface area contributed by atoms with E-state index < -0.39 is 17.4 Å². The Bertz CT molecular complexity index is 1660. The molecule has 3 aromatic carbocycles. The number of benzene rings is 3. The third kappa shape index (κ3) is 4.90. The van der Waals surface area contributed by atoms with Crippen molar-refractivity contribution in [1.82, 2.24) is 14.6 Å². The van der Waals surface area contributed by atoms with Gasteiger partial charge in [-0.25, -0.2) is 0 Å². The Balaban J connectivity index is 1.64. The van der Waals surface area contributed by atoms with Gasteiger partial charge in [0.15, 0.2) is 11.4 Å². The summed E-state index contributed by atoms with van der Waals surface area (Å²) in [7, 11) is 0. The summed E-state index contributed by atoms with van der Waals surface area (Å²) < 4.78 is 2.29. The summed E-state index contributed by atoms with van der Waals surface area (Å²) >= 11 is 3.10. The maximum Gasteiger partial charge on any atom is 0.300 e. The van der Waals surface area contributed by atoms with Crippen LogP contribution in [0.25, 0.3) is 16.2 Å². The monoisotopic (exact) mass is 607 g/mol. The Morgan fingerprint density at radius 3 is 2.33 bits per heavy atom. The van der Waals surface area contributed by atoms with Crippen LogP contribution in [0.2, 0.25) is 0 Å². The maximum atomic E-state index is 13.5. The molecule has 0 radical (unpaired) electrons. The molecule has 36 heavy (non-hydrogen) atoms. The van der Waals surface area contributed by atoms with Gasteiger partial charge in [0.05, 0.1) is 0 Å². The molecule has 0 fully saturated rings. The summed E-state index contributed by atoms with van der Waals surface area (Å²) in [6.45, 7) is 1.91. The lowest BCUT2D eigenvalue weighted by molar-refractivity contribution is 0.0988. The Kier molecular flexibility index (Phi) is 6.61. The SMILES string of the molecule is Cc1cccc(NC(=O)c2c(C(=O)Nc3ccc(I)cc3)sc3nc(=O)c(-c4ccccc4)nn23)c1. The van der Waals surface area contributed by atoms with Gasteiger partial charge in [-0.3, -0.25) is 14.4 Å². The molecule has 0 atom stereocenters. The third-order valence-electron chi connectivity index (χ3n) is 5.25. The van der Waals surface area contributed by atoms with Crippen molar-refractivity contribution in [3.63, 3.8) is 0 Å². The number of hydrogen-bond donors (Lipinski definition) is 2. The van der Waals surface area contributed by atoms with Gasteiger partial charge in [-0.05, 0) is 71.5 Å². The summed E-state index contributed by atoms with van der Waals surface area (Å²) in [5.41, 5.74) is 2.20. The summed E-state index contributed by atoms with van der Waals surface area (Å²) in [5, 5.41) is 10.1. The first-order chi connectivity index (χ1) is 17.4. The minimum absolute atomic E-state index is 0.0100. The highest BCUT2D eigenvalue weighted by atomic mass is 127. The molecule has 0 aliphatic carbocycles. The molecule has 5 aromatic rings. The summed E-state index contributed by atoms with van der Waals surface area (Å²) in [5.74, 6) is -1.05. The molecular formula is C26H18IN5O3S. The molecule has 2 N–H and O–H groups in total. The second-order valence-corrected chi connectivity index (χ2v) is 10.1. The molecule has 2 amide bonds. The Hall–Kier alpha value is -3.90. The quantitative estimate of drug-likeness (QED) is 0.266. The van der Waals surface area contributed by atoms with E-state index in [1.807, 2.05) is 43.3 Å². The van der Waals surface area contributed by atoms with E-state index in [-0.39, 0.29) is 21.2 Å². The normalized spacial score (nSPS) is 10.8. The lowest BCUT2D eigenvalue weighted by Crippen LogP contribution is -2.23. The highest BCUT2D eigenvalue weighted by Gasteiger charge is 2.27. The fourth-order valence-electron chi connectivity index (χ4n) is 3.58. The van der Waals surface area contributed by atoms with Crippen molar-refractivity contribution in [2.75, 3.05) is 10.6 Å². The number of carbonyl (C=O) groups excluding carboxylic acids is 2. The molecular weight excluding hydrogens is 589 g/mol. The van der Waals surface area contributed by atoms with E-state index in [1.165, 1.54) is 4.52 Å². The predicted molar refractivity (Wildman–Crippen MR) is 149 cm³/mol. The zero-order valence-corrected chi connectivity index (χ0v) is 21.8. The summed E-state index contributed by atoms with van der Waals surface area (Å²) in [6.07, 6.45) is 0. The summed E-state index contributed by atoms with van der Waals surface area (Å²) in [6, 6.07) is 23.4. The smallest absolute Gasteiger partial charge is 0.300 e. The van der Waals surface area contributed by atoms with Crippen LogP contribution in [0.15, 0.2) is 83.7 Å². The van der Waals surface area contributed by atoms with Gasteiger partial charge in [0.1, 0.15) is 4.88 Å². The van der Waals surface area contributed by atoms with Gasteiger partial charge < -0.3 is 10.6 Å². The predicted octanol–water partition coefficient (Wildman–Crippen LogP) is 5.24. The second kappa shape index (κ2) is 9.99. The molecule has 178 valence electrons. The third-order valence-corrected chi connectivity index (χ3v) is 7.00. The first-order valence-electron chi connectivity index (χ1n) is 10.8. The maximum absolute atomic E-state index is 13.5. The van der Waals surface area contributed by atoms with Crippen LogP contribution in [0, 0.1) is 10.5 Å². The molecule has 2 aromatic heterocycles. The molecule has 0 bridgehead atoms. The highest BCUT2D eigenvalue weighted by Crippen LogP contribution is 2.25. The molecule has 0 unspecified atom stereocenters. The van der Waals surface area contributed by atoms with Gasteiger partial charge in [0.2, 0.25) is 4.96 Å². The van der Waals surface area contributed by atoms with Crippen molar-refractivity contribution in [3.05, 3.63) is 109 Å². The number of aromatic nitrogens is 3. The number of nitrogens with one attached hydrogen (secondary N) is 2. The number of rotatable bonds is 5. The number of halogens is 1. The van der Waals surface area contributed by atoms with Crippen LogP contribution in [0.3, 0.4) is 0 Å². The number of thiazole rings is 1. The van der Waals surface area contributed by atoms with E-state index in [0.29, 0.717) is 16.9 Å². The molecule has 10 heteroatoms. The van der Waals surface area contributed by atoms with Crippen molar-refractivity contribution in [1.29, 1.82) is 0 Å². The van der Waals surface area contributed by atoms with Crippen molar-refractivity contribution in [2.24, 2.45) is 0 Å². The minimum atomic E-state index is -0.545. The van der Waals surface area contributed by atoms with Gasteiger partial charge >= 0.3 is 5.56 Å². The van der Waals surface area contributed by atoms with E-state index in [0.717, 1.165) is 20.5 Å². The van der Waals surface area contributed by atoms with E-state index in [9.17, 15) is 14.4 Å². The number of fused-ring (bicyclic) bond motifs is 1. The van der Waals surface area contributed by atoms with Crippen LogP contribution in [0.4, 0.5) is 11.4 Å². The van der Waals surface area contributed by atoms with E-state index >= 15 is 0 Å². The fourth-order valence-corrected chi connectivity index (χ4v) is 4.89. The number of nitrogens with zero attached hydrogens (tertiary/aromatic N) is 3. The Labute approximate surface area is 223 Å². The van der Waals surface area contributed by atoms with E-state index in [1.54, 1.807) is 42.5 Å². The van der Waals surface area contributed by atoms with E-state index in [4.69, 9.17) is 0 Å². The summed E-state index contributed by atoms with van der Waals surface area (Å²) in [4.78, 5) is 43.9. The average molecular weight is 607 g/mol. The van der Waals surface area contributed by atoms with Crippen molar-refractivity contribution < 1.29 is 9.59 Å². The van der Waals surface area contributed by atoms with Gasteiger partial charge in [-0.15, -0.1) is 0 Å². The van der Waals surface area contributed by atoms with Crippen molar-refractivity contribution >= 4 is 62.1 Å². The first kappa shape index (κ1) is 23.8. The van der Waals surface area contributed by atoms with Crippen LogP contribution < -0.4 is 16.2 Å². The number of hydrogen-bond acceptors (Lipinski definition) is 6. The van der Waals surface area contributed by atoms with Crippen LogP contribution in [-0.4, -0.2) is 26.4 Å². The molecule has 0 saturated carbocycles. The Morgan fingerprint density at radius 2 is 1.61 bits per heavy atom. The topological polar surface area (TPSA) is 105 Å². The molecule has 5 rings (SSSR count). The number of carbonyl (C=O) groups is 2. The second-order valence-electron chi connectivity index (χ2n) is 7.89. The molecule has 8 nitrogen and oxygen atoms in total. The minimum Gasteiger partial charge on any atom is -0.321 e. The lowest BCUT2D eigenvalue weighted by atomic mass is 10.2. The number of aryl methyl sites for hydroxylation is 1. The van der Waals surface area contributed by atoms with Gasteiger partial charge in [-0.1, -0.05) is 53.8 Å². The lowest BCUT2D eigenvalue weighted by Gasteiger charge is -2.09. The average Bonchev–Trinajstić information content (AvgIpc) is 3.24. The number of anilines is 2. The zero-order valence-electron chi connectivity index (χ0n) is 18.9. The van der Waals surface area contributed by atoms with Gasteiger partial charge in [-0.2, -0.15) is 14.6 Å². The van der Waals surface area contributed by atoms with Gasteiger partial charge in [0.25, 0.3) is 11.8 Å². The molecule has 0 aliphatic rings. The fraction of sp³-hybridized carbons (Fsp3) is 0.0385. The zero-order chi connectivity index (χ0) is 25.2. The van der Waals surface area contributed by atoms with Crippen molar-refractivity contribution in [2.45, 2.75) is 6.92 Å². The van der Waals surface area contributed by atoms with Crippen molar-refractivity contribution in [3.8, 4) is 11.3 Å². The van der Waals surface area contributed by atoms with Crippen LogP contribution in [-0.2, 0) is 0 Å². The first-order valence-corrected chi connectivity index (χ1v) is 12.7.